The zero-order chi connectivity index (χ0) is 11.8. The summed E-state index contributed by atoms with van der Waals surface area (Å²) in [5.41, 5.74) is 0. The molecule has 0 atom stereocenters. The summed E-state index contributed by atoms with van der Waals surface area (Å²) in [5, 5.41) is 3.00. The molecule has 1 aliphatic heterocycles. The Morgan fingerprint density at radius 1 is 1.19 bits per heavy atom. The highest BCUT2D eigenvalue weighted by Crippen LogP contribution is 2.08. The topological polar surface area (TPSA) is 35.6 Å². The van der Waals surface area contributed by atoms with Crippen molar-refractivity contribution in [3.8, 4) is 0 Å². The minimum absolute atomic E-state index is 0.117. The standard InChI is InChI=1S/C12H25N3O/c1-3-14(4-2)11-8-13-12(16)15-9-6-5-7-10-15/h3-11H2,1-2H3,(H,13,16). The van der Waals surface area contributed by atoms with Crippen LogP contribution in [0.5, 0.6) is 0 Å². The first-order valence-electron chi connectivity index (χ1n) is 6.53. The van der Waals surface area contributed by atoms with Gasteiger partial charge in [-0.3, -0.25) is 0 Å². The summed E-state index contributed by atoms with van der Waals surface area (Å²) in [4.78, 5) is 16.0. The number of urea groups is 1. The molecule has 4 nitrogen and oxygen atoms in total. The minimum Gasteiger partial charge on any atom is -0.337 e. The van der Waals surface area contributed by atoms with Crippen molar-refractivity contribution >= 4 is 6.03 Å². The Labute approximate surface area is 99.0 Å². The molecule has 1 heterocycles. The van der Waals surface area contributed by atoms with Gasteiger partial charge < -0.3 is 15.1 Å². The SMILES string of the molecule is CCN(CC)CCNC(=O)N1CCCCC1. The molecule has 0 bridgehead atoms. The van der Waals surface area contributed by atoms with E-state index in [0.717, 1.165) is 52.1 Å². The Bertz CT molecular complexity index is 198. The van der Waals surface area contributed by atoms with Gasteiger partial charge in [-0.2, -0.15) is 0 Å². The Hall–Kier alpha value is -0.770. The molecule has 0 spiro atoms. The molecular formula is C12H25N3O. The Kier molecular flexibility index (Phi) is 6.23. The summed E-state index contributed by atoms with van der Waals surface area (Å²) < 4.78 is 0. The van der Waals surface area contributed by atoms with Crippen LogP contribution in [0, 0.1) is 0 Å². The molecule has 1 N–H and O–H groups in total. The van der Waals surface area contributed by atoms with Crippen molar-refractivity contribution in [1.29, 1.82) is 0 Å². The predicted octanol–water partition coefficient (Wildman–Crippen LogP) is 1.52. The third-order valence-electron chi connectivity index (χ3n) is 3.24. The van der Waals surface area contributed by atoms with Crippen molar-refractivity contribution in [2.75, 3.05) is 39.3 Å². The van der Waals surface area contributed by atoms with Crippen molar-refractivity contribution in [2.45, 2.75) is 33.1 Å². The van der Waals surface area contributed by atoms with Crippen molar-refractivity contribution in [3.05, 3.63) is 0 Å². The fourth-order valence-electron chi connectivity index (χ4n) is 2.07. The van der Waals surface area contributed by atoms with Gasteiger partial charge in [0.15, 0.2) is 0 Å². The molecule has 2 amide bonds. The molecular weight excluding hydrogens is 202 g/mol. The molecule has 0 unspecified atom stereocenters. The third-order valence-corrected chi connectivity index (χ3v) is 3.24. The van der Waals surface area contributed by atoms with E-state index in [1.807, 2.05) is 4.90 Å². The lowest BCUT2D eigenvalue weighted by Gasteiger charge is -2.27. The summed E-state index contributed by atoms with van der Waals surface area (Å²) in [6, 6.07) is 0.117. The number of carbonyl (C=O) groups excluding carboxylic acids is 1. The lowest BCUT2D eigenvalue weighted by Crippen LogP contribution is -2.45. The van der Waals surface area contributed by atoms with Crippen molar-refractivity contribution < 1.29 is 4.79 Å². The van der Waals surface area contributed by atoms with Crippen LogP contribution in [0.25, 0.3) is 0 Å². The van der Waals surface area contributed by atoms with Gasteiger partial charge in [-0.25, -0.2) is 4.79 Å². The molecule has 0 saturated carbocycles. The second-order valence-corrected chi connectivity index (χ2v) is 4.31. The Morgan fingerprint density at radius 2 is 1.81 bits per heavy atom. The molecule has 1 fully saturated rings. The van der Waals surface area contributed by atoms with Crippen LogP contribution < -0.4 is 5.32 Å². The summed E-state index contributed by atoms with van der Waals surface area (Å²) in [5.74, 6) is 0. The molecule has 0 aromatic rings. The van der Waals surface area contributed by atoms with Crippen LogP contribution in [0.4, 0.5) is 4.79 Å². The third kappa shape index (κ3) is 4.39. The van der Waals surface area contributed by atoms with Gasteiger partial charge in [0.25, 0.3) is 0 Å². The second kappa shape index (κ2) is 7.49. The summed E-state index contributed by atoms with van der Waals surface area (Å²) in [6.45, 7) is 9.97. The van der Waals surface area contributed by atoms with E-state index in [2.05, 4.69) is 24.1 Å². The second-order valence-electron chi connectivity index (χ2n) is 4.31. The number of carbonyl (C=O) groups is 1. The zero-order valence-corrected chi connectivity index (χ0v) is 10.7. The monoisotopic (exact) mass is 227 g/mol. The van der Waals surface area contributed by atoms with Gasteiger partial charge in [0.05, 0.1) is 0 Å². The van der Waals surface area contributed by atoms with Gasteiger partial charge in [-0.15, -0.1) is 0 Å². The highest BCUT2D eigenvalue weighted by atomic mass is 16.2. The molecule has 1 aliphatic rings. The maximum Gasteiger partial charge on any atom is 0.317 e. The van der Waals surface area contributed by atoms with Crippen molar-refractivity contribution in [1.82, 2.24) is 15.1 Å². The summed E-state index contributed by atoms with van der Waals surface area (Å²) >= 11 is 0. The molecule has 4 heteroatoms. The largest absolute Gasteiger partial charge is 0.337 e. The van der Waals surface area contributed by atoms with E-state index < -0.39 is 0 Å². The smallest absolute Gasteiger partial charge is 0.317 e. The van der Waals surface area contributed by atoms with Crippen LogP contribution >= 0.6 is 0 Å². The van der Waals surface area contributed by atoms with Gasteiger partial charge in [0.2, 0.25) is 0 Å². The number of piperidine rings is 1. The number of amides is 2. The van der Waals surface area contributed by atoms with Gasteiger partial charge in [-0.1, -0.05) is 13.8 Å². The molecule has 1 saturated heterocycles. The highest BCUT2D eigenvalue weighted by Gasteiger charge is 2.15. The fraction of sp³-hybridized carbons (Fsp3) is 0.917. The van der Waals surface area contributed by atoms with E-state index >= 15 is 0 Å². The maximum absolute atomic E-state index is 11.8. The number of hydrogen-bond acceptors (Lipinski definition) is 2. The molecule has 0 aromatic carbocycles. The molecule has 1 rings (SSSR count). The number of likely N-dealkylation sites (N-methyl/N-ethyl adjacent to an activating group) is 1. The molecule has 0 aliphatic carbocycles. The fourth-order valence-corrected chi connectivity index (χ4v) is 2.07. The summed E-state index contributed by atoms with van der Waals surface area (Å²) in [7, 11) is 0. The zero-order valence-electron chi connectivity index (χ0n) is 10.7. The molecule has 16 heavy (non-hydrogen) atoms. The van der Waals surface area contributed by atoms with Crippen LogP contribution in [0.3, 0.4) is 0 Å². The first kappa shape index (κ1) is 13.3. The van der Waals surface area contributed by atoms with Gasteiger partial charge >= 0.3 is 6.03 Å². The van der Waals surface area contributed by atoms with Crippen LogP contribution in [0.15, 0.2) is 0 Å². The Morgan fingerprint density at radius 3 is 2.38 bits per heavy atom. The molecule has 0 radical (unpaired) electrons. The summed E-state index contributed by atoms with van der Waals surface area (Å²) in [6.07, 6.45) is 3.58. The number of nitrogens with one attached hydrogen (secondary N) is 1. The maximum atomic E-state index is 11.8. The first-order chi connectivity index (χ1) is 7.77. The number of hydrogen-bond donors (Lipinski definition) is 1. The number of nitrogens with zero attached hydrogens (tertiary/aromatic N) is 2. The average Bonchev–Trinajstić information content (AvgIpc) is 2.35. The first-order valence-corrected chi connectivity index (χ1v) is 6.53. The van der Waals surface area contributed by atoms with Gasteiger partial charge in [-0.05, 0) is 32.4 Å². The lowest BCUT2D eigenvalue weighted by molar-refractivity contribution is 0.184. The van der Waals surface area contributed by atoms with Gasteiger partial charge in [0, 0.05) is 26.2 Å². The molecule has 94 valence electrons. The number of likely N-dealkylation sites (tertiary alicyclic amines) is 1. The predicted molar refractivity (Wildman–Crippen MR) is 66.6 cm³/mol. The highest BCUT2D eigenvalue weighted by molar-refractivity contribution is 5.74. The van der Waals surface area contributed by atoms with Crippen molar-refractivity contribution in [3.63, 3.8) is 0 Å². The van der Waals surface area contributed by atoms with Crippen LogP contribution in [0.2, 0.25) is 0 Å². The Balaban J connectivity index is 2.13. The van der Waals surface area contributed by atoms with E-state index in [9.17, 15) is 4.79 Å². The molecule has 0 aromatic heterocycles. The quantitative estimate of drug-likeness (QED) is 0.773. The normalized spacial score (nSPS) is 16.6. The van der Waals surface area contributed by atoms with E-state index in [-0.39, 0.29) is 6.03 Å². The van der Waals surface area contributed by atoms with E-state index in [0.29, 0.717) is 0 Å². The van der Waals surface area contributed by atoms with E-state index in [1.54, 1.807) is 0 Å². The van der Waals surface area contributed by atoms with E-state index in [1.165, 1.54) is 6.42 Å². The van der Waals surface area contributed by atoms with Crippen LogP contribution in [0.1, 0.15) is 33.1 Å². The van der Waals surface area contributed by atoms with Gasteiger partial charge in [0.1, 0.15) is 0 Å². The van der Waals surface area contributed by atoms with Crippen molar-refractivity contribution in [2.24, 2.45) is 0 Å². The average molecular weight is 227 g/mol. The lowest BCUT2D eigenvalue weighted by atomic mass is 10.1. The van der Waals surface area contributed by atoms with Crippen LogP contribution in [-0.2, 0) is 0 Å². The van der Waals surface area contributed by atoms with E-state index in [4.69, 9.17) is 0 Å². The number of rotatable bonds is 5. The van der Waals surface area contributed by atoms with Crippen LogP contribution in [-0.4, -0.2) is 55.1 Å². The minimum atomic E-state index is 0.117.